The van der Waals surface area contributed by atoms with Crippen LogP contribution in [0.25, 0.3) is 6.08 Å². The molecule has 1 aliphatic rings. The predicted molar refractivity (Wildman–Crippen MR) is 113 cm³/mol. The third kappa shape index (κ3) is 6.64. The lowest BCUT2D eigenvalue weighted by Crippen LogP contribution is -2.27. The summed E-state index contributed by atoms with van der Waals surface area (Å²) in [5.74, 6) is 0.431. The van der Waals surface area contributed by atoms with Crippen molar-refractivity contribution in [2.45, 2.75) is 38.5 Å². The number of ether oxygens (including phenoxy) is 1. The molecule has 1 saturated carbocycles. The first-order chi connectivity index (χ1) is 14.0. The summed E-state index contributed by atoms with van der Waals surface area (Å²) < 4.78 is 5.72. The van der Waals surface area contributed by atoms with Crippen LogP contribution in [0.4, 0.5) is 0 Å². The Hall–Kier alpha value is -2.79. The van der Waals surface area contributed by atoms with E-state index in [2.05, 4.69) is 5.32 Å². The van der Waals surface area contributed by atoms with E-state index in [1.54, 1.807) is 48.5 Å². The van der Waals surface area contributed by atoms with Crippen molar-refractivity contribution < 1.29 is 19.4 Å². The lowest BCUT2D eigenvalue weighted by Gasteiger charge is -2.10. The molecule has 1 fully saturated rings. The maximum atomic E-state index is 12.1. The monoisotopic (exact) mass is 413 g/mol. The van der Waals surface area contributed by atoms with E-state index in [1.165, 1.54) is 31.8 Å². The summed E-state index contributed by atoms with van der Waals surface area (Å²) in [6.07, 6.45) is 7.40. The van der Waals surface area contributed by atoms with Crippen molar-refractivity contribution in [3.63, 3.8) is 0 Å². The molecule has 2 N–H and O–H groups in total. The minimum absolute atomic E-state index is 0.132. The molecular formula is C23H24ClNO4. The fourth-order valence-corrected chi connectivity index (χ4v) is 3.56. The number of carboxylic acid groups (broad SMARTS) is 1. The van der Waals surface area contributed by atoms with Gasteiger partial charge >= 0.3 is 5.97 Å². The molecule has 0 unspecified atom stereocenters. The largest absolute Gasteiger partial charge is 0.477 e. The Bertz CT molecular complexity index is 869. The van der Waals surface area contributed by atoms with E-state index < -0.39 is 5.97 Å². The maximum absolute atomic E-state index is 12.1. The van der Waals surface area contributed by atoms with Crippen LogP contribution in [0.1, 0.15) is 44.1 Å². The first-order valence-corrected chi connectivity index (χ1v) is 10.2. The Morgan fingerprint density at radius 1 is 1.03 bits per heavy atom. The molecule has 0 saturated heterocycles. The van der Waals surface area contributed by atoms with Gasteiger partial charge in [0.05, 0.1) is 0 Å². The topological polar surface area (TPSA) is 75.6 Å². The average molecular weight is 414 g/mol. The van der Waals surface area contributed by atoms with E-state index in [9.17, 15) is 14.7 Å². The van der Waals surface area contributed by atoms with Gasteiger partial charge in [-0.2, -0.15) is 0 Å². The van der Waals surface area contributed by atoms with Gasteiger partial charge in [-0.05, 0) is 60.4 Å². The van der Waals surface area contributed by atoms with Gasteiger partial charge in [0, 0.05) is 11.4 Å². The van der Waals surface area contributed by atoms with Gasteiger partial charge in [0.25, 0.3) is 0 Å². The Morgan fingerprint density at radius 2 is 1.62 bits per heavy atom. The molecule has 152 valence electrons. The standard InChI is InChI=1S/C23H24ClNO4/c24-18-8-12-20(13-9-18)29-19-10-5-17(6-11-19)15-21(23(27)28)25-22(26)14-7-16-3-1-2-4-16/h5-6,8-13,15-16H,1-4,7,14H2,(H,25,26)(H,27,28)/b21-15+. The number of nitrogens with one attached hydrogen (secondary N) is 1. The van der Waals surface area contributed by atoms with E-state index in [4.69, 9.17) is 16.3 Å². The van der Waals surface area contributed by atoms with Crippen LogP contribution in [0, 0.1) is 5.92 Å². The average Bonchev–Trinajstić information content (AvgIpc) is 3.23. The van der Waals surface area contributed by atoms with Crippen LogP contribution in [-0.2, 0) is 9.59 Å². The molecule has 0 atom stereocenters. The van der Waals surface area contributed by atoms with Gasteiger partial charge in [0.2, 0.25) is 5.91 Å². The Kier molecular flexibility index (Phi) is 7.30. The summed E-state index contributed by atoms with van der Waals surface area (Å²) in [4.78, 5) is 23.7. The number of rotatable bonds is 8. The molecule has 0 spiro atoms. The quantitative estimate of drug-likeness (QED) is 0.549. The van der Waals surface area contributed by atoms with Gasteiger partial charge in [-0.25, -0.2) is 4.79 Å². The van der Waals surface area contributed by atoms with Crippen LogP contribution in [0.3, 0.4) is 0 Å². The molecule has 3 rings (SSSR count). The number of benzene rings is 2. The van der Waals surface area contributed by atoms with Crippen molar-refractivity contribution in [1.82, 2.24) is 5.32 Å². The SMILES string of the molecule is O=C(CCC1CCCC1)N/C(=C/c1ccc(Oc2ccc(Cl)cc2)cc1)C(=O)O. The summed E-state index contributed by atoms with van der Waals surface area (Å²) in [6, 6.07) is 14.0. The smallest absolute Gasteiger partial charge is 0.352 e. The van der Waals surface area contributed by atoms with Crippen LogP contribution in [0.2, 0.25) is 5.02 Å². The van der Waals surface area contributed by atoms with E-state index >= 15 is 0 Å². The molecule has 2 aromatic carbocycles. The molecule has 0 radical (unpaired) electrons. The highest BCUT2D eigenvalue weighted by atomic mass is 35.5. The highest BCUT2D eigenvalue weighted by molar-refractivity contribution is 6.30. The van der Waals surface area contributed by atoms with Crippen molar-refractivity contribution in [2.24, 2.45) is 5.92 Å². The van der Waals surface area contributed by atoms with Crippen molar-refractivity contribution in [3.8, 4) is 11.5 Å². The molecule has 1 aliphatic carbocycles. The molecule has 0 aliphatic heterocycles. The number of halogens is 1. The first-order valence-electron chi connectivity index (χ1n) is 9.78. The summed E-state index contributed by atoms with van der Waals surface area (Å²) in [6.45, 7) is 0. The second-order valence-electron chi connectivity index (χ2n) is 7.23. The molecule has 0 aromatic heterocycles. The number of amides is 1. The van der Waals surface area contributed by atoms with Crippen LogP contribution >= 0.6 is 11.6 Å². The van der Waals surface area contributed by atoms with Gasteiger partial charge in [-0.1, -0.05) is 49.4 Å². The fourth-order valence-electron chi connectivity index (χ4n) is 3.44. The number of aliphatic carboxylic acids is 1. The number of hydrogen-bond acceptors (Lipinski definition) is 3. The van der Waals surface area contributed by atoms with Gasteiger partial charge < -0.3 is 15.2 Å². The zero-order valence-corrected chi connectivity index (χ0v) is 16.8. The fraction of sp³-hybridized carbons (Fsp3) is 0.304. The van der Waals surface area contributed by atoms with E-state index in [1.807, 2.05) is 0 Å². The molecule has 0 bridgehead atoms. The van der Waals surface area contributed by atoms with Crippen LogP contribution in [0.5, 0.6) is 11.5 Å². The zero-order chi connectivity index (χ0) is 20.6. The van der Waals surface area contributed by atoms with Crippen molar-refractivity contribution >= 4 is 29.6 Å². The van der Waals surface area contributed by atoms with Crippen LogP contribution in [-0.4, -0.2) is 17.0 Å². The van der Waals surface area contributed by atoms with Crippen molar-refractivity contribution in [2.75, 3.05) is 0 Å². The second kappa shape index (κ2) is 10.1. The normalized spacial score (nSPS) is 14.6. The highest BCUT2D eigenvalue weighted by Gasteiger charge is 2.17. The van der Waals surface area contributed by atoms with Gasteiger partial charge in [-0.15, -0.1) is 0 Å². The minimum atomic E-state index is -1.17. The maximum Gasteiger partial charge on any atom is 0.352 e. The minimum Gasteiger partial charge on any atom is -0.477 e. The predicted octanol–water partition coefficient (Wildman–Crippen LogP) is 5.64. The molecule has 0 heterocycles. The number of carbonyl (C=O) groups excluding carboxylic acids is 1. The summed E-state index contributed by atoms with van der Waals surface area (Å²) in [5, 5.41) is 12.6. The summed E-state index contributed by atoms with van der Waals surface area (Å²) in [7, 11) is 0. The highest BCUT2D eigenvalue weighted by Crippen LogP contribution is 2.28. The number of hydrogen-bond donors (Lipinski definition) is 2. The summed E-state index contributed by atoms with van der Waals surface area (Å²) in [5.41, 5.74) is 0.523. The van der Waals surface area contributed by atoms with E-state index in [0.29, 0.717) is 34.4 Å². The zero-order valence-electron chi connectivity index (χ0n) is 16.1. The first kappa shape index (κ1) is 20.9. The molecule has 2 aromatic rings. The lowest BCUT2D eigenvalue weighted by atomic mass is 10.0. The Labute approximate surface area is 175 Å². The number of carboxylic acids is 1. The van der Waals surface area contributed by atoms with E-state index in [0.717, 1.165) is 6.42 Å². The van der Waals surface area contributed by atoms with Crippen LogP contribution < -0.4 is 10.1 Å². The molecular weight excluding hydrogens is 390 g/mol. The third-order valence-electron chi connectivity index (χ3n) is 5.00. The lowest BCUT2D eigenvalue weighted by molar-refractivity contribution is -0.134. The Balaban J connectivity index is 1.59. The number of carbonyl (C=O) groups is 2. The van der Waals surface area contributed by atoms with Crippen molar-refractivity contribution in [1.29, 1.82) is 0 Å². The molecule has 1 amide bonds. The second-order valence-corrected chi connectivity index (χ2v) is 7.66. The van der Waals surface area contributed by atoms with Gasteiger partial charge in [-0.3, -0.25) is 4.79 Å². The third-order valence-corrected chi connectivity index (χ3v) is 5.25. The van der Waals surface area contributed by atoms with Gasteiger partial charge in [0.1, 0.15) is 17.2 Å². The van der Waals surface area contributed by atoms with Crippen molar-refractivity contribution in [3.05, 3.63) is 64.8 Å². The van der Waals surface area contributed by atoms with E-state index in [-0.39, 0.29) is 11.6 Å². The molecule has 5 nitrogen and oxygen atoms in total. The van der Waals surface area contributed by atoms with Gasteiger partial charge in [0.15, 0.2) is 0 Å². The molecule has 6 heteroatoms. The van der Waals surface area contributed by atoms with Crippen LogP contribution in [0.15, 0.2) is 54.2 Å². The Morgan fingerprint density at radius 3 is 2.21 bits per heavy atom. The summed E-state index contributed by atoms with van der Waals surface area (Å²) >= 11 is 5.86. The molecule has 29 heavy (non-hydrogen) atoms.